The summed E-state index contributed by atoms with van der Waals surface area (Å²) in [5.74, 6) is -0.348. The second kappa shape index (κ2) is 5.26. The number of hydrogen-bond acceptors (Lipinski definition) is 3. The number of benzene rings is 1. The summed E-state index contributed by atoms with van der Waals surface area (Å²) < 4.78 is 13.0. The average molecular weight is 233 g/mol. The molecule has 1 aliphatic heterocycles. The van der Waals surface area contributed by atoms with Crippen LogP contribution in [0.15, 0.2) is 18.2 Å². The smallest absolute Gasteiger partial charge is 0.124 e. The van der Waals surface area contributed by atoms with Gasteiger partial charge in [-0.05, 0) is 24.2 Å². The van der Waals surface area contributed by atoms with E-state index in [1.54, 1.807) is 6.07 Å². The van der Waals surface area contributed by atoms with Gasteiger partial charge in [-0.2, -0.15) is 5.26 Å². The minimum atomic E-state index is -0.348. The summed E-state index contributed by atoms with van der Waals surface area (Å²) in [6, 6.07) is 7.04. The van der Waals surface area contributed by atoms with E-state index in [1.165, 1.54) is 12.1 Å². The highest BCUT2D eigenvalue weighted by Crippen LogP contribution is 2.15. The fraction of sp³-hybridized carbons (Fsp3) is 0.462. The van der Waals surface area contributed by atoms with Gasteiger partial charge in [0, 0.05) is 25.7 Å². The molecule has 0 aromatic heterocycles. The van der Waals surface area contributed by atoms with E-state index in [9.17, 15) is 4.39 Å². The van der Waals surface area contributed by atoms with Crippen molar-refractivity contribution in [1.29, 1.82) is 5.26 Å². The first-order chi connectivity index (χ1) is 8.24. The van der Waals surface area contributed by atoms with E-state index in [0.717, 1.165) is 25.2 Å². The van der Waals surface area contributed by atoms with Crippen LogP contribution in [0.3, 0.4) is 0 Å². The molecule has 17 heavy (non-hydrogen) atoms. The summed E-state index contributed by atoms with van der Waals surface area (Å²) in [5.41, 5.74) is 1.35. The molecule has 0 spiro atoms. The number of likely N-dealkylation sites (N-methyl/N-ethyl adjacent to an activating group) is 1. The SMILES string of the molecule is CCN(Cc1ccc(F)cc1C#N)C1CNC1. The van der Waals surface area contributed by atoms with Crippen LogP contribution in [-0.4, -0.2) is 30.6 Å². The zero-order valence-corrected chi connectivity index (χ0v) is 9.91. The van der Waals surface area contributed by atoms with Gasteiger partial charge in [0.2, 0.25) is 0 Å². The molecule has 90 valence electrons. The lowest BCUT2D eigenvalue weighted by Gasteiger charge is -2.37. The van der Waals surface area contributed by atoms with Crippen molar-refractivity contribution in [2.75, 3.05) is 19.6 Å². The molecule has 1 N–H and O–H groups in total. The highest BCUT2D eigenvalue weighted by molar-refractivity contribution is 5.37. The predicted octanol–water partition coefficient (Wildman–Crippen LogP) is 1.49. The van der Waals surface area contributed by atoms with Gasteiger partial charge in [-0.1, -0.05) is 13.0 Å². The molecule has 1 saturated heterocycles. The molecule has 0 saturated carbocycles. The summed E-state index contributed by atoms with van der Waals surface area (Å²) in [4.78, 5) is 2.31. The zero-order valence-electron chi connectivity index (χ0n) is 9.91. The highest BCUT2D eigenvalue weighted by Gasteiger charge is 2.23. The number of rotatable bonds is 4. The van der Waals surface area contributed by atoms with Crippen LogP contribution < -0.4 is 5.32 Å². The van der Waals surface area contributed by atoms with E-state index in [1.807, 2.05) is 0 Å². The van der Waals surface area contributed by atoms with Crippen LogP contribution in [0.1, 0.15) is 18.1 Å². The van der Waals surface area contributed by atoms with Crippen molar-refractivity contribution in [3.63, 3.8) is 0 Å². The van der Waals surface area contributed by atoms with Crippen LogP contribution in [-0.2, 0) is 6.54 Å². The Kier molecular flexibility index (Phi) is 3.72. The van der Waals surface area contributed by atoms with Crippen molar-refractivity contribution in [1.82, 2.24) is 10.2 Å². The molecule has 1 aromatic carbocycles. The molecule has 1 aromatic rings. The van der Waals surface area contributed by atoms with Gasteiger partial charge in [0.05, 0.1) is 11.6 Å². The molecular formula is C13H16FN3. The van der Waals surface area contributed by atoms with Crippen LogP contribution in [0.5, 0.6) is 0 Å². The second-order valence-corrected chi connectivity index (χ2v) is 4.29. The minimum Gasteiger partial charge on any atom is -0.314 e. The predicted molar refractivity (Wildman–Crippen MR) is 63.9 cm³/mol. The van der Waals surface area contributed by atoms with Crippen LogP contribution >= 0.6 is 0 Å². The van der Waals surface area contributed by atoms with Crippen molar-refractivity contribution < 1.29 is 4.39 Å². The van der Waals surface area contributed by atoms with E-state index >= 15 is 0 Å². The summed E-state index contributed by atoms with van der Waals surface area (Å²) in [6.45, 7) is 5.75. The fourth-order valence-corrected chi connectivity index (χ4v) is 2.04. The van der Waals surface area contributed by atoms with Gasteiger partial charge >= 0.3 is 0 Å². The maximum absolute atomic E-state index is 13.0. The lowest BCUT2D eigenvalue weighted by atomic mass is 10.1. The Morgan fingerprint density at radius 3 is 2.82 bits per heavy atom. The summed E-state index contributed by atoms with van der Waals surface area (Å²) in [6.07, 6.45) is 0. The van der Waals surface area contributed by atoms with Crippen molar-refractivity contribution in [3.8, 4) is 6.07 Å². The molecule has 0 atom stereocenters. The molecule has 4 heteroatoms. The molecule has 0 amide bonds. The molecule has 3 nitrogen and oxygen atoms in total. The first-order valence-corrected chi connectivity index (χ1v) is 5.88. The lowest BCUT2D eigenvalue weighted by molar-refractivity contribution is 0.145. The van der Waals surface area contributed by atoms with E-state index in [0.29, 0.717) is 18.2 Å². The first-order valence-electron chi connectivity index (χ1n) is 5.88. The number of nitriles is 1. The molecular weight excluding hydrogens is 217 g/mol. The van der Waals surface area contributed by atoms with Gasteiger partial charge in [0.25, 0.3) is 0 Å². The molecule has 1 fully saturated rings. The average Bonchev–Trinajstić information content (AvgIpc) is 2.27. The fourth-order valence-electron chi connectivity index (χ4n) is 2.04. The van der Waals surface area contributed by atoms with E-state index in [2.05, 4.69) is 23.2 Å². The Balaban J connectivity index is 2.14. The number of nitrogens with one attached hydrogen (secondary N) is 1. The zero-order chi connectivity index (χ0) is 12.3. The van der Waals surface area contributed by atoms with Gasteiger partial charge in [-0.15, -0.1) is 0 Å². The summed E-state index contributed by atoms with van der Waals surface area (Å²) in [5, 5.41) is 12.2. The summed E-state index contributed by atoms with van der Waals surface area (Å²) in [7, 11) is 0. The van der Waals surface area contributed by atoms with Gasteiger partial charge in [-0.3, -0.25) is 4.90 Å². The van der Waals surface area contributed by atoms with Crippen molar-refractivity contribution in [2.24, 2.45) is 0 Å². The first kappa shape index (κ1) is 12.0. The third-order valence-electron chi connectivity index (χ3n) is 3.25. The molecule has 0 bridgehead atoms. The topological polar surface area (TPSA) is 39.1 Å². The number of hydrogen-bond donors (Lipinski definition) is 1. The third-order valence-corrected chi connectivity index (χ3v) is 3.25. The maximum atomic E-state index is 13.0. The minimum absolute atomic E-state index is 0.348. The van der Waals surface area contributed by atoms with Crippen LogP contribution in [0.25, 0.3) is 0 Å². The third kappa shape index (κ3) is 2.63. The van der Waals surface area contributed by atoms with Gasteiger partial charge < -0.3 is 5.32 Å². The number of nitrogens with zero attached hydrogens (tertiary/aromatic N) is 2. The van der Waals surface area contributed by atoms with Crippen molar-refractivity contribution in [2.45, 2.75) is 19.5 Å². The molecule has 0 radical (unpaired) electrons. The Labute approximate surface area is 101 Å². The van der Waals surface area contributed by atoms with Gasteiger partial charge in [0.1, 0.15) is 5.82 Å². The normalized spacial score (nSPS) is 15.6. The van der Waals surface area contributed by atoms with Gasteiger partial charge in [-0.25, -0.2) is 4.39 Å². The monoisotopic (exact) mass is 233 g/mol. The van der Waals surface area contributed by atoms with Crippen molar-refractivity contribution >= 4 is 0 Å². The Morgan fingerprint density at radius 1 is 1.53 bits per heavy atom. The second-order valence-electron chi connectivity index (χ2n) is 4.29. The quantitative estimate of drug-likeness (QED) is 0.856. The van der Waals surface area contributed by atoms with Crippen LogP contribution in [0, 0.1) is 17.1 Å². The van der Waals surface area contributed by atoms with Crippen LogP contribution in [0.2, 0.25) is 0 Å². The summed E-state index contributed by atoms with van der Waals surface area (Å²) >= 11 is 0. The van der Waals surface area contributed by atoms with Crippen molar-refractivity contribution in [3.05, 3.63) is 35.1 Å². The Hall–Kier alpha value is -1.44. The van der Waals surface area contributed by atoms with E-state index in [-0.39, 0.29) is 5.82 Å². The van der Waals surface area contributed by atoms with Gasteiger partial charge in [0.15, 0.2) is 0 Å². The standard InChI is InChI=1S/C13H16FN3/c1-2-17(13-7-16-8-13)9-10-3-4-12(14)5-11(10)6-15/h3-5,13,16H,2,7-9H2,1H3. The van der Waals surface area contributed by atoms with Crippen LogP contribution in [0.4, 0.5) is 4.39 Å². The molecule has 1 aliphatic rings. The maximum Gasteiger partial charge on any atom is 0.124 e. The molecule has 1 heterocycles. The Bertz CT molecular complexity index is 435. The largest absolute Gasteiger partial charge is 0.314 e. The van der Waals surface area contributed by atoms with E-state index < -0.39 is 0 Å². The molecule has 0 aliphatic carbocycles. The van der Waals surface area contributed by atoms with E-state index in [4.69, 9.17) is 5.26 Å². The molecule has 0 unspecified atom stereocenters. The number of halogens is 1. The Morgan fingerprint density at radius 2 is 2.29 bits per heavy atom. The lowest BCUT2D eigenvalue weighted by Crippen LogP contribution is -2.56. The highest BCUT2D eigenvalue weighted by atomic mass is 19.1. The molecule has 2 rings (SSSR count).